The Balaban J connectivity index is 1.13. The van der Waals surface area contributed by atoms with Crippen molar-refractivity contribution in [1.82, 2.24) is 21.0 Å². The maximum Gasteiger partial charge on any atom is 0.355 e. The van der Waals surface area contributed by atoms with Crippen LogP contribution in [0.25, 0.3) is 0 Å². The van der Waals surface area contributed by atoms with Crippen molar-refractivity contribution in [3.8, 4) is 11.8 Å². The Kier molecular flexibility index (Phi) is 15.8. The van der Waals surface area contributed by atoms with E-state index in [2.05, 4.69) is 27.8 Å². The van der Waals surface area contributed by atoms with E-state index >= 15 is 0 Å². The Labute approximate surface area is 346 Å². The van der Waals surface area contributed by atoms with Crippen molar-refractivity contribution < 1.29 is 48.0 Å². The average Bonchev–Trinajstić information content (AvgIpc) is 3.55. The summed E-state index contributed by atoms with van der Waals surface area (Å²) in [6.45, 7) is -0.108. The van der Waals surface area contributed by atoms with Crippen LogP contribution < -0.4 is 26.6 Å². The van der Waals surface area contributed by atoms with Crippen molar-refractivity contribution in [3.05, 3.63) is 101 Å². The minimum Gasteiger partial charge on any atom is -0.352 e. The number of rotatable bonds is 20. The van der Waals surface area contributed by atoms with Gasteiger partial charge < -0.3 is 31.4 Å². The maximum absolute atomic E-state index is 13.7. The van der Waals surface area contributed by atoms with Gasteiger partial charge in [0, 0.05) is 68.5 Å². The number of fused-ring (bicyclic) bond motifs is 2. The van der Waals surface area contributed by atoms with Gasteiger partial charge >= 0.3 is 12.0 Å². The van der Waals surface area contributed by atoms with Gasteiger partial charge in [0.25, 0.3) is 11.8 Å². The molecule has 0 radical (unpaired) electrons. The maximum atomic E-state index is 13.7. The minimum absolute atomic E-state index is 0.0466. The molecule has 16 nitrogen and oxygen atoms in total. The van der Waals surface area contributed by atoms with Crippen LogP contribution in [-0.4, -0.2) is 77.3 Å². The van der Waals surface area contributed by atoms with E-state index in [0.717, 1.165) is 11.1 Å². The number of anilines is 1. The number of imide groups is 1. The van der Waals surface area contributed by atoms with E-state index in [-0.39, 0.29) is 89.0 Å². The Hall–Kier alpha value is -7.15. The lowest BCUT2D eigenvalue weighted by Gasteiger charge is -2.26. The quantitative estimate of drug-likeness (QED) is 0.0740. The van der Waals surface area contributed by atoms with Gasteiger partial charge in [-0.25, -0.2) is 9.59 Å². The number of hydrogen-bond acceptors (Lipinski definition) is 10. The summed E-state index contributed by atoms with van der Waals surface area (Å²) in [7, 11) is 0. The summed E-state index contributed by atoms with van der Waals surface area (Å²) in [5.41, 5.74) is 8.85. The largest absolute Gasteiger partial charge is 0.355 e. The highest BCUT2D eigenvalue weighted by atomic mass is 16.7. The monoisotopic (exact) mass is 818 g/mol. The molecule has 60 heavy (non-hydrogen) atoms. The molecule has 2 aliphatic heterocycles. The lowest BCUT2D eigenvalue weighted by atomic mass is 9.92. The van der Waals surface area contributed by atoms with Crippen molar-refractivity contribution in [3.63, 3.8) is 0 Å². The lowest BCUT2D eigenvalue weighted by molar-refractivity contribution is -0.199. The Morgan fingerprint density at radius 1 is 0.750 bits per heavy atom. The first-order valence-corrected chi connectivity index (χ1v) is 19.6. The van der Waals surface area contributed by atoms with Crippen molar-refractivity contribution in [1.29, 1.82) is 0 Å². The summed E-state index contributed by atoms with van der Waals surface area (Å²) in [5.74, 6) is 0.409. The van der Waals surface area contributed by atoms with Crippen LogP contribution in [0.4, 0.5) is 10.5 Å². The molecule has 0 spiro atoms. The number of hydrogen-bond donors (Lipinski definition) is 4. The van der Waals surface area contributed by atoms with Crippen LogP contribution in [0.2, 0.25) is 0 Å². The van der Waals surface area contributed by atoms with Crippen molar-refractivity contribution in [2.45, 2.75) is 76.8 Å². The van der Waals surface area contributed by atoms with Crippen molar-refractivity contribution in [2.75, 3.05) is 18.0 Å². The number of nitrogens with zero attached hydrogens (tertiary/aromatic N) is 2. The topological polar surface area (TPSA) is 231 Å². The van der Waals surface area contributed by atoms with Crippen LogP contribution in [0.3, 0.4) is 0 Å². The van der Waals surface area contributed by atoms with Crippen molar-refractivity contribution >= 4 is 58.8 Å². The highest BCUT2D eigenvalue weighted by molar-refractivity contribution is 6.02. The van der Waals surface area contributed by atoms with Gasteiger partial charge in [0.1, 0.15) is 11.8 Å². The van der Waals surface area contributed by atoms with Crippen LogP contribution in [0.1, 0.15) is 80.0 Å². The fraction of sp³-hybridized carbons (Fsp3) is 0.341. The zero-order valence-corrected chi connectivity index (χ0v) is 32.9. The number of benzene rings is 3. The van der Waals surface area contributed by atoms with E-state index < -0.39 is 59.9 Å². The van der Waals surface area contributed by atoms with Gasteiger partial charge in [0.05, 0.1) is 18.8 Å². The Morgan fingerprint density at radius 2 is 1.40 bits per heavy atom. The molecule has 2 aliphatic rings. The molecule has 3 aromatic carbocycles. The second kappa shape index (κ2) is 21.6. The fourth-order valence-corrected chi connectivity index (χ4v) is 6.62. The van der Waals surface area contributed by atoms with Crippen LogP contribution in [-0.2, 0) is 56.2 Å². The van der Waals surface area contributed by atoms with Gasteiger partial charge in [-0.1, -0.05) is 72.5 Å². The molecule has 16 heteroatoms. The Morgan fingerprint density at radius 3 is 2.13 bits per heavy atom. The smallest absolute Gasteiger partial charge is 0.352 e. The first-order chi connectivity index (χ1) is 28.9. The Bertz CT molecular complexity index is 2180. The van der Waals surface area contributed by atoms with E-state index in [1.165, 1.54) is 0 Å². The third-order valence-electron chi connectivity index (χ3n) is 9.83. The molecule has 0 aromatic heterocycles. The summed E-state index contributed by atoms with van der Waals surface area (Å²) in [6.07, 6.45) is -1.01. The van der Waals surface area contributed by atoms with Gasteiger partial charge in [0.15, 0.2) is 5.78 Å². The molecule has 2 atom stereocenters. The summed E-state index contributed by atoms with van der Waals surface area (Å²) in [5, 5.41) is 7.80. The normalized spacial score (nSPS) is 13.9. The molecule has 0 saturated carbocycles. The number of nitrogens with one attached hydrogen (secondary N) is 3. The second-order valence-corrected chi connectivity index (χ2v) is 14.3. The highest BCUT2D eigenvalue weighted by Gasteiger charge is 2.36. The predicted octanol–water partition coefficient (Wildman–Crippen LogP) is 2.54. The van der Waals surface area contributed by atoms with Crippen LogP contribution >= 0.6 is 0 Å². The van der Waals surface area contributed by atoms with E-state index in [4.69, 9.17) is 10.6 Å². The number of para-hydroxylation sites is 1. The van der Waals surface area contributed by atoms with Crippen LogP contribution in [0, 0.1) is 17.8 Å². The number of primary amides is 1. The molecule has 5 N–H and O–H groups in total. The summed E-state index contributed by atoms with van der Waals surface area (Å²) in [6, 6.07) is 21.5. The third-order valence-corrected chi connectivity index (χ3v) is 9.83. The van der Waals surface area contributed by atoms with E-state index in [1.807, 2.05) is 48.5 Å². The van der Waals surface area contributed by atoms with Gasteiger partial charge in [0.2, 0.25) is 17.7 Å². The number of nitrogens with two attached hydrogens (primary N) is 1. The van der Waals surface area contributed by atoms with Gasteiger partial charge in [-0.05, 0) is 48.6 Å². The molecular weight excluding hydrogens is 773 g/mol. The molecule has 3 aromatic rings. The second-order valence-electron chi connectivity index (χ2n) is 14.3. The molecular formula is C44H46N6O10. The molecule has 312 valence electrons. The fourth-order valence-electron chi connectivity index (χ4n) is 6.62. The van der Waals surface area contributed by atoms with Gasteiger partial charge in [-0.3, -0.25) is 33.6 Å². The molecule has 0 unspecified atom stereocenters. The first-order valence-electron chi connectivity index (χ1n) is 19.6. The molecule has 0 bridgehead atoms. The molecule has 1 fully saturated rings. The summed E-state index contributed by atoms with van der Waals surface area (Å²) >= 11 is 0. The van der Waals surface area contributed by atoms with E-state index in [1.54, 1.807) is 35.2 Å². The zero-order chi connectivity index (χ0) is 43.0. The number of carbonyl (C=O) groups excluding carboxylic acids is 9. The van der Waals surface area contributed by atoms with Crippen LogP contribution in [0.5, 0.6) is 0 Å². The number of hydroxylamine groups is 2. The lowest BCUT2D eigenvalue weighted by Crippen LogP contribution is -2.48. The number of amides is 7. The molecule has 5 rings (SSSR count). The molecule has 1 saturated heterocycles. The van der Waals surface area contributed by atoms with Gasteiger partial charge in [-0.15, -0.1) is 5.06 Å². The molecule has 0 aliphatic carbocycles. The summed E-state index contributed by atoms with van der Waals surface area (Å²) < 4.78 is 0. The average molecular weight is 819 g/mol. The molecule has 7 amide bonds. The number of ketones is 2. The number of Topliss-reactive ketones (excluding diaryl/α,β-unsaturated/α-hetero) is 2. The zero-order valence-electron chi connectivity index (χ0n) is 32.9. The van der Waals surface area contributed by atoms with Crippen molar-refractivity contribution in [2.24, 2.45) is 11.7 Å². The van der Waals surface area contributed by atoms with Crippen LogP contribution in [0.15, 0.2) is 78.9 Å². The SMILES string of the molecule is NC(=O)NCCC[C@H](NC(=O)[C@@H](CC(=O)CNC(=O)CCC(=O)CCC(=O)N1Cc2ccccc2C#Cc2ccccc21)Cc1ccccc1)C(=O)ON1C(=O)CCC1=O. The van der Waals surface area contributed by atoms with Gasteiger partial charge in [-0.2, -0.15) is 0 Å². The number of urea groups is 1. The standard InChI is InChI=1S/C44H46N6O10/c45-44(59)46-24-8-14-36(43(58)60-50-40(55)22-23-41(50)56)48-42(57)33(25-29-9-2-1-3-10-29)26-35(52)27-47-38(53)20-18-34(51)19-21-39(54)49-28-32-13-5-4-11-30(32)16-17-31-12-6-7-15-37(31)49/h1-7,9-13,15,33,36H,8,14,18-28H2,(H,47,53)(H,48,57)(H3,45,46,59)/t33-,36+/m1/s1. The highest BCUT2D eigenvalue weighted by Crippen LogP contribution is 2.26. The summed E-state index contributed by atoms with van der Waals surface area (Å²) in [4.78, 5) is 121. The predicted molar refractivity (Wildman–Crippen MR) is 216 cm³/mol. The van der Waals surface area contributed by atoms with E-state index in [0.29, 0.717) is 21.9 Å². The minimum atomic E-state index is -1.37. The number of carbonyl (C=O) groups is 9. The van der Waals surface area contributed by atoms with E-state index in [9.17, 15) is 43.2 Å². The molecule has 2 heterocycles. The third kappa shape index (κ3) is 12.9. The first kappa shape index (κ1) is 44.0.